The average Bonchev–Trinajstić information content (AvgIpc) is 2.60. The molecule has 0 aliphatic rings. The number of nitrogens with two attached hydrogens (primary N) is 1. The number of hydrogen-bond acceptors (Lipinski definition) is 3. The van der Waals surface area contributed by atoms with Gasteiger partial charge in [-0.05, 0) is 35.4 Å². The molecule has 2 aromatic carbocycles. The minimum atomic E-state index is -0.129. The van der Waals surface area contributed by atoms with Gasteiger partial charge in [0.25, 0.3) is 5.91 Å². The summed E-state index contributed by atoms with van der Waals surface area (Å²) in [4.78, 5) is 23.7. The quantitative estimate of drug-likeness (QED) is 0.763. The van der Waals surface area contributed by atoms with Gasteiger partial charge in [0.2, 0.25) is 5.91 Å². The lowest BCUT2D eigenvalue weighted by Gasteiger charge is -2.09. The molecule has 126 valence electrons. The summed E-state index contributed by atoms with van der Waals surface area (Å²) in [5.41, 5.74) is 8.85. The number of amides is 2. The number of carbonyl (C=O) groups is 2. The van der Waals surface area contributed by atoms with Gasteiger partial charge in [0.05, 0.1) is 0 Å². The first-order valence-corrected chi connectivity index (χ1v) is 7.96. The molecule has 0 saturated carbocycles. The second-order valence-corrected chi connectivity index (χ2v) is 5.92. The van der Waals surface area contributed by atoms with E-state index in [1.165, 1.54) is 0 Å². The van der Waals surface area contributed by atoms with Crippen LogP contribution < -0.4 is 16.4 Å². The molecule has 0 saturated heterocycles. The molecule has 0 aliphatic carbocycles. The van der Waals surface area contributed by atoms with E-state index >= 15 is 0 Å². The van der Waals surface area contributed by atoms with E-state index in [1.54, 1.807) is 12.1 Å². The predicted molar refractivity (Wildman–Crippen MR) is 95.4 cm³/mol. The van der Waals surface area contributed by atoms with Gasteiger partial charge in [-0.25, -0.2) is 0 Å². The van der Waals surface area contributed by atoms with Crippen LogP contribution in [0.2, 0.25) is 0 Å². The Morgan fingerprint density at radius 1 is 0.958 bits per heavy atom. The highest BCUT2D eigenvalue weighted by Gasteiger charge is 2.07. The van der Waals surface area contributed by atoms with Crippen molar-refractivity contribution in [3.8, 4) is 0 Å². The molecule has 0 spiro atoms. The molecule has 2 amide bonds. The summed E-state index contributed by atoms with van der Waals surface area (Å²) in [6, 6.07) is 14.7. The fourth-order valence-electron chi connectivity index (χ4n) is 2.07. The fourth-order valence-corrected chi connectivity index (χ4v) is 2.07. The first-order chi connectivity index (χ1) is 11.5. The van der Waals surface area contributed by atoms with Crippen LogP contribution in [0.5, 0.6) is 0 Å². The van der Waals surface area contributed by atoms with E-state index in [1.807, 2.05) is 50.2 Å². The predicted octanol–water partition coefficient (Wildman–Crippen LogP) is 2.67. The van der Waals surface area contributed by atoms with E-state index in [0.717, 1.165) is 16.8 Å². The van der Waals surface area contributed by atoms with E-state index in [4.69, 9.17) is 5.73 Å². The molecule has 0 unspecified atom stereocenters. The average molecular weight is 325 g/mol. The van der Waals surface area contributed by atoms with E-state index in [9.17, 15) is 9.59 Å². The first kappa shape index (κ1) is 17.7. The Balaban J connectivity index is 1.89. The zero-order valence-electron chi connectivity index (χ0n) is 14.0. The Labute approximate surface area is 142 Å². The smallest absolute Gasteiger partial charge is 0.251 e. The van der Waals surface area contributed by atoms with Gasteiger partial charge in [0.15, 0.2) is 0 Å². The fraction of sp³-hybridized carbons (Fsp3) is 0.263. The van der Waals surface area contributed by atoms with Crippen molar-refractivity contribution in [2.75, 3.05) is 5.32 Å². The lowest BCUT2D eigenvalue weighted by atomic mass is 10.1. The molecule has 4 N–H and O–H groups in total. The van der Waals surface area contributed by atoms with Crippen LogP contribution in [0.15, 0.2) is 48.5 Å². The first-order valence-electron chi connectivity index (χ1n) is 7.96. The van der Waals surface area contributed by atoms with Crippen molar-refractivity contribution in [2.24, 2.45) is 11.7 Å². The maximum Gasteiger partial charge on any atom is 0.251 e. The molecular formula is C19H23N3O2. The number of benzene rings is 2. The van der Waals surface area contributed by atoms with Gasteiger partial charge in [-0.15, -0.1) is 0 Å². The van der Waals surface area contributed by atoms with Gasteiger partial charge in [-0.2, -0.15) is 0 Å². The molecular weight excluding hydrogens is 302 g/mol. The van der Waals surface area contributed by atoms with Crippen LogP contribution in [-0.2, 0) is 17.9 Å². The third-order valence-corrected chi connectivity index (χ3v) is 3.65. The second-order valence-electron chi connectivity index (χ2n) is 5.92. The molecule has 0 atom stereocenters. The van der Waals surface area contributed by atoms with Crippen molar-refractivity contribution >= 4 is 17.5 Å². The highest BCUT2D eigenvalue weighted by Crippen LogP contribution is 2.11. The summed E-state index contributed by atoms with van der Waals surface area (Å²) in [5, 5.41) is 5.71. The SMILES string of the molecule is CC(C)C(=O)Nc1ccc(CNC(=O)c2ccc(CN)cc2)cc1. The number of anilines is 1. The van der Waals surface area contributed by atoms with Crippen molar-refractivity contribution in [1.29, 1.82) is 0 Å². The van der Waals surface area contributed by atoms with Crippen LogP contribution in [0.3, 0.4) is 0 Å². The highest BCUT2D eigenvalue weighted by molar-refractivity contribution is 5.94. The second kappa shape index (κ2) is 8.26. The Morgan fingerprint density at radius 3 is 2.08 bits per heavy atom. The van der Waals surface area contributed by atoms with Crippen LogP contribution in [0.1, 0.15) is 35.3 Å². The third-order valence-electron chi connectivity index (χ3n) is 3.65. The number of nitrogens with one attached hydrogen (secondary N) is 2. The maximum absolute atomic E-state index is 12.1. The van der Waals surface area contributed by atoms with Crippen molar-refractivity contribution in [3.05, 3.63) is 65.2 Å². The van der Waals surface area contributed by atoms with Crippen LogP contribution in [-0.4, -0.2) is 11.8 Å². The van der Waals surface area contributed by atoms with Crippen LogP contribution in [0.25, 0.3) is 0 Å². The summed E-state index contributed by atoms with van der Waals surface area (Å²) < 4.78 is 0. The van der Waals surface area contributed by atoms with Crippen molar-refractivity contribution in [1.82, 2.24) is 5.32 Å². The molecule has 5 nitrogen and oxygen atoms in total. The zero-order valence-corrected chi connectivity index (χ0v) is 14.0. The molecule has 5 heteroatoms. The Bertz CT molecular complexity index is 692. The van der Waals surface area contributed by atoms with E-state index in [0.29, 0.717) is 18.7 Å². The molecule has 2 rings (SSSR count). The Morgan fingerprint density at radius 2 is 1.54 bits per heavy atom. The van der Waals surface area contributed by atoms with E-state index in [2.05, 4.69) is 10.6 Å². The minimum absolute atomic E-state index is 0.0167. The lowest BCUT2D eigenvalue weighted by Crippen LogP contribution is -2.22. The topological polar surface area (TPSA) is 84.2 Å². The summed E-state index contributed by atoms with van der Waals surface area (Å²) in [7, 11) is 0. The summed E-state index contributed by atoms with van der Waals surface area (Å²) in [6.45, 7) is 4.58. The maximum atomic E-state index is 12.1. The van der Waals surface area contributed by atoms with Gasteiger partial charge in [0, 0.05) is 30.3 Å². The molecule has 2 aromatic rings. The van der Waals surface area contributed by atoms with E-state index in [-0.39, 0.29) is 17.7 Å². The molecule has 0 aromatic heterocycles. The van der Waals surface area contributed by atoms with Gasteiger partial charge < -0.3 is 16.4 Å². The summed E-state index contributed by atoms with van der Waals surface area (Å²) >= 11 is 0. The summed E-state index contributed by atoms with van der Waals surface area (Å²) in [5.74, 6) is -0.206. The van der Waals surface area contributed by atoms with Crippen LogP contribution >= 0.6 is 0 Å². The number of hydrogen-bond donors (Lipinski definition) is 3. The van der Waals surface area contributed by atoms with Crippen molar-refractivity contribution < 1.29 is 9.59 Å². The number of carbonyl (C=O) groups excluding carboxylic acids is 2. The minimum Gasteiger partial charge on any atom is -0.348 e. The normalized spacial score (nSPS) is 10.5. The van der Waals surface area contributed by atoms with Crippen molar-refractivity contribution in [3.63, 3.8) is 0 Å². The largest absolute Gasteiger partial charge is 0.348 e. The number of rotatable bonds is 6. The van der Waals surface area contributed by atoms with Gasteiger partial charge in [-0.3, -0.25) is 9.59 Å². The van der Waals surface area contributed by atoms with Gasteiger partial charge in [0.1, 0.15) is 0 Å². The molecule has 0 fully saturated rings. The summed E-state index contributed by atoms with van der Waals surface area (Å²) in [6.07, 6.45) is 0. The molecule has 0 radical (unpaired) electrons. The molecule has 24 heavy (non-hydrogen) atoms. The Hall–Kier alpha value is -2.66. The standard InChI is InChI=1S/C19H23N3O2/c1-13(2)18(23)22-17-9-5-15(6-10-17)12-21-19(24)16-7-3-14(11-20)4-8-16/h3-10,13H,11-12,20H2,1-2H3,(H,21,24)(H,22,23). The Kier molecular flexibility index (Phi) is 6.09. The zero-order chi connectivity index (χ0) is 17.5. The highest BCUT2D eigenvalue weighted by atomic mass is 16.2. The molecule has 0 bridgehead atoms. The van der Waals surface area contributed by atoms with Crippen LogP contribution in [0, 0.1) is 5.92 Å². The lowest BCUT2D eigenvalue weighted by molar-refractivity contribution is -0.118. The third kappa shape index (κ3) is 4.93. The monoisotopic (exact) mass is 325 g/mol. The van der Waals surface area contributed by atoms with Gasteiger partial charge in [-0.1, -0.05) is 38.1 Å². The van der Waals surface area contributed by atoms with Crippen LogP contribution in [0.4, 0.5) is 5.69 Å². The van der Waals surface area contributed by atoms with Gasteiger partial charge >= 0.3 is 0 Å². The van der Waals surface area contributed by atoms with Crippen molar-refractivity contribution in [2.45, 2.75) is 26.9 Å². The molecule has 0 aliphatic heterocycles. The van der Waals surface area contributed by atoms with E-state index < -0.39 is 0 Å². The molecule has 0 heterocycles.